The van der Waals surface area contributed by atoms with Crippen molar-refractivity contribution < 1.29 is 0 Å². The lowest BCUT2D eigenvalue weighted by atomic mass is 9.89. The highest BCUT2D eigenvalue weighted by molar-refractivity contribution is 7.80. The molecule has 0 amide bonds. The molecule has 0 aliphatic carbocycles. The van der Waals surface area contributed by atoms with Gasteiger partial charge in [0.1, 0.15) is 5.82 Å². The van der Waals surface area contributed by atoms with Gasteiger partial charge in [-0.1, -0.05) is 25.1 Å². The number of aromatic nitrogens is 1. The molecule has 0 bridgehead atoms. The van der Waals surface area contributed by atoms with Crippen LogP contribution >= 0.6 is 12.2 Å². The molecule has 122 valence electrons. The molecular weight excluding hydrogens is 304 g/mol. The Morgan fingerprint density at radius 1 is 1.26 bits per heavy atom. The molecule has 4 nitrogen and oxygen atoms in total. The predicted octanol–water partition coefficient (Wildman–Crippen LogP) is 2.96. The van der Waals surface area contributed by atoms with Crippen LogP contribution in [-0.4, -0.2) is 47.2 Å². The molecule has 2 aromatic rings. The van der Waals surface area contributed by atoms with E-state index in [0.29, 0.717) is 12.0 Å². The average molecular weight is 328 g/mol. The minimum Gasteiger partial charge on any atom is -0.361 e. The topological polar surface area (TPSA) is 34.3 Å². The molecule has 0 radical (unpaired) electrons. The largest absolute Gasteiger partial charge is 0.361 e. The van der Waals surface area contributed by atoms with Crippen LogP contribution in [0.1, 0.15) is 19.8 Å². The highest BCUT2D eigenvalue weighted by Crippen LogP contribution is 2.30. The van der Waals surface area contributed by atoms with Crippen molar-refractivity contribution in [3.05, 3.63) is 30.3 Å². The summed E-state index contributed by atoms with van der Waals surface area (Å²) in [6.07, 6.45) is 2.37. The smallest absolute Gasteiger partial charge is 0.169 e. The van der Waals surface area contributed by atoms with Gasteiger partial charge in [-0.15, -0.1) is 0 Å². The number of piperidine rings is 1. The number of benzene rings is 1. The number of nitrogens with one attached hydrogen (secondary N) is 2. The third-order valence-corrected chi connectivity index (χ3v) is 5.74. The van der Waals surface area contributed by atoms with Crippen LogP contribution in [0.3, 0.4) is 0 Å². The summed E-state index contributed by atoms with van der Waals surface area (Å²) in [6.45, 7) is 6.56. The number of hydrogen-bond donors (Lipinski definition) is 2. The summed E-state index contributed by atoms with van der Waals surface area (Å²) >= 11 is 5.48. The van der Waals surface area contributed by atoms with Gasteiger partial charge in [0.2, 0.25) is 0 Å². The minimum absolute atomic E-state index is 0.586. The first kappa shape index (κ1) is 14.8. The van der Waals surface area contributed by atoms with Crippen molar-refractivity contribution in [3.8, 4) is 0 Å². The van der Waals surface area contributed by atoms with Gasteiger partial charge < -0.3 is 20.1 Å². The highest BCUT2D eigenvalue weighted by atomic mass is 32.1. The third kappa shape index (κ3) is 2.67. The molecule has 2 fully saturated rings. The van der Waals surface area contributed by atoms with Crippen LogP contribution in [-0.2, 0) is 0 Å². The molecule has 2 N–H and O–H groups in total. The van der Waals surface area contributed by atoms with Gasteiger partial charge in [0.15, 0.2) is 5.11 Å². The summed E-state index contributed by atoms with van der Waals surface area (Å²) in [5.74, 6) is 1.92. The average Bonchev–Trinajstić information content (AvgIpc) is 3.20. The number of para-hydroxylation sites is 1. The van der Waals surface area contributed by atoms with Gasteiger partial charge in [-0.3, -0.25) is 0 Å². The quantitative estimate of drug-likeness (QED) is 0.849. The van der Waals surface area contributed by atoms with Crippen LogP contribution in [0.5, 0.6) is 0 Å². The van der Waals surface area contributed by atoms with Crippen LogP contribution in [0.2, 0.25) is 0 Å². The lowest BCUT2D eigenvalue weighted by Crippen LogP contribution is -2.52. The Morgan fingerprint density at radius 3 is 2.87 bits per heavy atom. The molecule has 1 aromatic heterocycles. The number of rotatable bonds is 3. The molecule has 2 unspecified atom stereocenters. The third-order valence-electron chi connectivity index (χ3n) is 5.36. The van der Waals surface area contributed by atoms with Gasteiger partial charge in [0, 0.05) is 43.1 Å². The van der Waals surface area contributed by atoms with Gasteiger partial charge in [-0.2, -0.15) is 0 Å². The minimum atomic E-state index is 0.586. The zero-order chi connectivity index (χ0) is 15.8. The summed E-state index contributed by atoms with van der Waals surface area (Å²) in [6, 6.07) is 11.4. The fourth-order valence-corrected chi connectivity index (χ4v) is 4.41. The summed E-state index contributed by atoms with van der Waals surface area (Å²) in [5, 5.41) is 5.56. The summed E-state index contributed by atoms with van der Waals surface area (Å²) in [4.78, 5) is 8.51. The van der Waals surface area contributed by atoms with Crippen molar-refractivity contribution in [1.29, 1.82) is 0 Å². The first-order valence-electron chi connectivity index (χ1n) is 8.63. The summed E-state index contributed by atoms with van der Waals surface area (Å²) in [7, 11) is 0. The van der Waals surface area contributed by atoms with E-state index in [2.05, 4.69) is 57.4 Å². The molecule has 0 spiro atoms. The van der Waals surface area contributed by atoms with Crippen molar-refractivity contribution in [3.63, 3.8) is 0 Å². The highest BCUT2D eigenvalue weighted by Gasteiger charge is 2.35. The summed E-state index contributed by atoms with van der Waals surface area (Å²) < 4.78 is 0. The van der Waals surface area contributed by atoms with Crippen LogP contribution in [0.4, 0.5) is 5.82 Å². The Labute approximate surface area is 142 Å². The molecule has 2 aliphatic rings. The van der Waals surface area contributed by atoms with Crippen LogP contribution in [0, 0.1) is 5.92 Å². The van der Waals surface area contributed by atoms with Crippen molar-refractivity contribution in [2.45, 2.75) is 25.8 Å². The fourth-order valence-electron chi connectivity index (χ4n) is 4.08. The van der Waals surface area contributed by atoms with E-state index in [1.165, 1.54) is 29.6 Å². The van der Waals surface area contributed by atoms with Crippen LogP contribution in [0.25, 0.3) is 10.9 Å². The monoisotopic (exact) mass is 328 g/mol. The zero-order valence-electron chi connectivity index (χ0n) is 13.6. The fraction of sp³-hybridized carbons (Fsp3) is 0.500. The van der Waals surface area contributed by atoms with Crippen LogP contribution < -0.4 is 10.2 Å². The molecule has 5 heteroatoms. The number of H-pyrrole nitrogens is 1. The Bertz CT molecular complexity index is 677. The standard InChI is InChI=1S/C18H24N4S/c1-2-13-12-21(9-7-16(13)22-10-8-19-18(22)23)17-11-14-5-3-4-6-15(14)20-17/h3-6,11,13,16,20H,2,7-10,12H2,1H3,(H,19,23). The van der Waals surface area contributed by atoms with Gasteiger partial charge in [-0.25, -0.2) is 0 Å². The molecule has 4 rings (SSSR count). The Hall–Kier alpha value is -1.75. The maximum atomic E-state index is 5.48. The molecule has 3 heterocycles. The van der Waals surface area contributed by atoms with E-state index in [0.717, 1.165) is 31.3 Å². The van der Waals surface area contributed by atoms with Crippen molar-refractivity contribution in [1.82, 2.24) is 15.2 Å². The van der Waals surface area contributed by atoms with Gasteiger partial charge in [0.25, 0.3) is 0 Å². The SMILES string of the molecule is CCC1CN(c2cc3ccccc3[nH]2)CCC1N1CCNC1=S. The second-order valence-electron chi connectivity index (χ2n) is 6.64. The van der Waals surface area contributed by atoms with Crippen molar-refractivity contribution >= 4 is 34.1 Å². The second kappa shape index (κ2) is 6.04. The Kier molecular flexibility index (Phi) is 3.89. The molecular formula is C18H24N4S. The molecule has 0 saturated carbocycles. The van der Waals surface area contributed by atoms with Gasteiger partial charge in [-0.05, 0) is 43.1 Å². The summed E-state index contributed by atoms with van der Waals surface area (Å²) in [5.41, 5.74) is 1.22. The number of aromatic amines is 1. The number of thiocarbonyl (C=S) groups is 1. The maximum absolute atomic E-state index is 5.48. The van der Waals surface area contributed by atoms with E-state index < -0.39 is 0 Å². The zero-order valence-corrected chi connectivity index (χ0v) is 14.4. The molecule has 1 aromatic carbocycles. The van der Waals surface area contributed by atoms with E-state index in [9.17, 15) is 0 Å². The second-order valence-corrected chi connectivity index (χ2v) is 7.02. The lowest BCUT2D eigenvalue weighted by molar-refractivity contribution is 0.205. The molecule has 2 aliphatic heterocycles. The van der Waals surface area contributed by atoms with E-state index in [-0.39, 0.29) is 0 Å². The van der Waals surface area contributed by atoms with Crippen molar-refractivity contribution in [2.24, 2.45) is 5.92 Å². The molecule has 2 saturated heterocycles. The van der Waals surface area contributed by atoms with E-state index in [4.69, 9.17) is 12.2 Å². The number of nitrogens with zero attached hydrogens (tertiary/aromatic N) is 2. The predicted molar refractivity (Wildman–Crippen MR) is 100 cm³/mol. The first-order valence-corrected chi connectivity index (χ1v) is 9.04. The number of anilines is 1. The first-order chi connectivity index (χ1) is 11.3. The van der Waals surface area contributed by atoms with E-state index in [1.807, 2.05) is 0 Å². The van der Waals surface area contributed by atoms with Gasteiger partial charge >= 0.3 is 0 Å². The number of hydrogen-bond acceptors (Lipinski definition) is 2. The van der Waals surface area contributed by atoms with Crippen LogP contribution in [0.15, 0.2) is 30.3 Å². The molecule has 23 heavy (non-hydrogen) atoms. The van der Waals surface area contributed by atoms with Crippen molar-refractivity contribution in [2.75, 3.05) is 31.1 Å². The molecule has 2 atom stereocenters. The number of fused-ring (bicyclic) bond motifs is 1. The maximum Gasteiger partial charge on any atom is 0.169 e. The Balaban J connectivity index is 1.53. The lowest BCUT2D eigenvalue weighted by Gasteiger charge is -2.43. The Morgan fingerprint density at radius 2 is 2.13 bits per heavy atom. The normalized spacial score (nSPS) is 25.2. The van der Waals surface area contributed by atoms with E-state index >= 15 is 0 Å². The van der Waals surface area contributed by atoms with E-state index in [1.54, 1.807) is 0 Å². The van der Waals surface area contributed by atoms with Gasteiger partial charge in [0.05, 0.1) is 0 Å².